The lowest BCUT2D eigenvalue weighted by Crippen LogP contribution is -2.50. The molecule has 1 saturated heterocycles. The largest absolute Gasteiger partial charge is 0.380 e. The van der Waals surface area contributed by atoms with E-state index in [2.05, 4.69) is 16.4 Å². The fraction of sp³-hybridized carbons (Fsp3) is 0.259. The zero-order valence-corrected chi connectivity index (χ0v) is 19.3. The molecule has 1 fully saturated rings. The van der Waals surface area contributed by atoms with Crippen molar-refractivity contribution in [2.45, 2.75) is 37.6 Å². The molecular weight excluding hydrogens is 463 g/mol. The monoisotopic (exact) mass is 488 g/mol. The van der Waals surface area contributed by atoms with Gasteiger partial charge in [0, 0.05) is 23.9 Å². The van der Waals surface area contributed by atoms with Gasteiger partial charge in [0.05, 0.1) is 29.9 Å². The Bertz CT molecular complexity index is 1270. The number of hydrogen-bond acceptors (Lipinski definition) is 6. The molecule has 3 aromatic rings. The van der Waals surface area contributed by atoms with Crippen LogP contribution < -0.4 is 5.32 Å². The molecule has 3 atom stereocenters. The molecule has 36 heavy (non-hydrogen) atoms. The summed E-state index contributed by atoms with van der Waals surface area (Å²) < 4.78 is 13.3. The van der Waals surface area contributed by atoms with E-state index in [4.69, 9.17) is 0 Å². The predicted molar refractivity (Wildman–Crippen MR) is 128 cm³/mol. The van der Waals surface area contributed by atoms with E-state index < -0.39 is 29.8 Å². The topological polar surface area (TPSA) is 127 Å². The maximum atomic E-state index is 13.3. The SMILES string of the molecule is N#Cc1ccccc1-c1ccc(CNC(=O)[C@H](O)[C@@H](O)C(=O)N2CCC[C@@H]2c2ccc(F)cc2)nc1. The van der Waals surface area contributed by atoms with Crippen molar-refractivity contribution in [2.75, 3.05) is 6.54 Å². The molecule has 1 aromatic heterocycles. The summed E-state index contributed by atoms with van der Waals surface area (Å²) in [4.78, 5) is 31.0. The van der Waals surface area contributed by atoms with Crippen molar-refractivity contribution < 1.29 is 24.2 Å². The van der Waals surface area contributed by atoms with E-state index in [-0.39, 0.29) is 12.6 Å². The first-order chi connectivity index (χ1) is 17.4. The molecule has 1 aliphatic rings. The summed E-state index contributed by atoms with van der Waals surface area (Å²) in [5.74, 6) is -2.06. The molecule has 0 spiro atoms. The zero-order valence-electron chi connectivity index (χ0n) is 19.3. The number of nitriles is 1. The minimum absolute atomic E-state index is 0.0289. The van der Waals surface area contributed by atoms with Gasteiger partial charge in [-0.05, 0) is 42.7 Å². The van der Waals surface area contributed by atoms with E-state index in [1.165, 1.54) is 17.0 Å². The van der Waals surface area contributed by atoms with E-state index in [1.54, 1.807) is 42.6 Å². The normalized spacial score (nSPS) is 16.7. The van der Waals surface area contributed by atoms with Gasteiger partial charge < -0.3 is 20.4 Å². The number of hydrogen-bond donors (Lipinski definition) is 3. The van der Waals surface area contributed by atoms with Crippen molar-refractivity contribution >= 4 is 11.8 Å². The lowest BCUT2D eigenvalue weighted by atomic mass is 10.0. The maximum absolute atomic E-state index is 13.3. The Balaban J connectivity index is 1.35. The molecule has 0 unspecified atom stereocenters. The van der Waals surface area contributed by atoms with Gasteiger partial charge in [-0.15, -0.1) is 0 Å². The van der Waals surface area contributed by atoms with Crippen molar-refractivity contribution in [3.05, 3.63) is 89.5 Å². The second-order valence-corrected chi connectivity index (χ2v) is 8.54. The fourth-order valence-corrected chi connectivity index (χ4v) is 4.31. The molecule has 0 saturated carbocycles. The van der Waals surface area contributed by atoms with Crippen molar-refractivity contribution in [3.63, 3.8) is 0 Å². The van der Waals surface area contributed by atoms with Crippen molar-refractivity contribution in [1.29, 1.82) is 5.26 Å². The number of aliphatic hydroxyl groups is 2. The minimum Gasteiger partial charge on any atom is -0.380 e. The lowest BCUT2D eigenvalue weighted by Gasteiger charge is -2.28. The van der Waals surface area contributed by atoms with Crippen LogP contribution in [0.5, 0.6) is 0 Å². The number of pyridine rings is 1. The highest BCUT2D eigenvalue weighted by Gasteiger charge is 2.38. The molecule has 8 nitrogen and oxygen atoms in total. The number of likely N-dealkylation sites (tertiary alicyclic amines) is 1. The van der Waals surface area contributed by atoms with Gasteiger partial charge >= 0.3 is 0 Å². The van der Waals surface area contributed by atoms with Crippen molar-refractivity contribution in [2.24, 2.45) is 0 Å². The lowest BCUT2D eigenvalue weighted by molar-refractivity contribution is -0.153. The number of aromatic nitrogens is 1. The number of carbonyl (C=O) groups excluding carboxylic acids is 2. The summed E-state index contributed by atoms with van der Waals surface area (Å²) in [6.07, 6.45) is -1.01. The van der Waals surface area contributed by atoms with Gasteiger partial charge in [0.2, 0.25) is 0 Å². The molecule has 0 radical (unpaired) electrons. The number of halogens is 1. The third kappa shape index (κ3) is 5.40. The number of carbonyl (C=O) groups is 2. The number of amides is 2. The molecular formula is C27H25FN4O4. The highest BCUT2D eigenvalue weighted by atomic mass is 19.1. The third-order valence-corrected chi connectivity index (χ3v) is 6.24. The van der Waals surface area contributed by atoms with E-state index in [0.29, 0.717) is 30.6 Å². The van der Waals surface area contributed by atoms with Gasteiger partial charge in [-0.2, -0.15) is 5.26 Å². The van der Waals surface area contributed by atoms with Gasteiger partial charge in [0.15, 0.2) is 12.2 Å². The van der Waals surface area contributed by atoms with Crippen LogP contribution >= 0.6 is 0 Å². The van der Waals surface area contributed by atoms with Crippen LogP contribution in [0.25, 0.3) is 11.1 Å². The molecule has 4 rings (SSSR count). The Labute approximate surface area is 207 Å². The minimum atomic E-state index is -1.96. The number of rotatable bonds is 7. The summed E-state index contributed by atoms with van der Waals surface area (Å²) in [6.45, 7) is 0.330. The highest BCUT2D eigenvalue weighted by molar-refractivity contribution is 5.91. The molecule has 184 valence electrons. The Morgan fingerprint density at radius 3 is 2.56 bits per heavy atom. The number of nitrogens with zero attached hydrogens (tertiary/aromatic N) is 3. The Morgan fingerprint density at radius 1 is 1.11 bits per heavy atom. The van der Waals surface area contributed by atoms with Gasteiger partial charge in [-0.25, -0.2) is 4.39 Å². The number of aliphatic hydroxyl groups excluding tert-OH is 2. The van der Waals surface area contributed by atoms with Crippen LogP contribution in [0.3, 0.4) is 0 Å². The van der Waals surface area contributed by atoms with Crippen LogP contribution in [-0.4, -0.2) is 50.7 Å². The number of benzene rings is 2. The summed E-state index contributed by atoms with van der Waals surface area (Å²) in [5, 5.41) is 32.5. The second-order valence-electron chi connectivity index (χ2n) is 8.54. The first kappa shape index (κ1) is 25.0. The maximum Gasteiger partial charge on any atom is 0.255 e. The average molecular weight is 489 g/mol. The van der Waals surface area contributed by atoms with Gasteiger partial charge in [0.1, 0.15) is 5.82 Å². The number of nitrogens with one attached hydrogen (secondary N) is 1. The molecule has 3 N–H and O–H groups in total. The second kappa shape index (κ2) is 11.1. The summed E-state index contributed by atoms with van der Waals surface area (Å²) in [5.41, 5.74) is 3.21. The van der Waals surface area contributed by atoms with Crippen molar-refractivity contribution in [3.8, 4) is 17.2 Å². The summed E-state index contributed by atoms with van der Waals surface area (Å²) in [6, 6.07) is 18.1. The van der Waals surface area contributed by atoms with Gasteiger partial charge in [-0.1, -0.05) is 36.4 Å². The average Bonchev–Trinajstić information content (AvgIpc) is 3.41. The van der Waals surface area contributed by atoms with Crippen LogP contribution in [0, 0.1) is 17.1 Å². The molecule has 2 heterocycles. The van der Waals surface area contributed by atoms with Crippen molar-refractivity contribution in [1.82, 2.24) is 15.2 Å². The third-order valence-electron chi connectivity index (χ3n) is 6.24. The summed E-state index contributed by atoms with van der Waals surface area (Å²) in [7, 11) is 0. The van der Waals surface area contributed by atoms with E-state index in [9.17, 15) is 29.5 Å². The van der Waals surface area contributed by atoms with Crippen LogP contribution in [0.15, 0.2) is 66.9 Å². The first-order valence-electron chi connectivity index (χ1n) is 11.5. The summed E-state index contributed by atoms with van der Waals surface area (Å²) >= 11 is 0. The molecule has 1 aliphatic heterocycles. The van der Waals surface area contributed by atoms with Gasteiger partial charge in [-0.3, -0.25) is 14.6 Å². The fourth-order valence-electron chi connectivity index (χ4n) is 4.31. The Morgan fingerprint density at radius 2 is 1.86 bits per heavy atom. The quantitative estimate of drug-likeness (QED) is 0.469. The van der Waals surface area contributed by atoms with Crippen LogP contribution in [0.1, 0.15) is 35.7 Å². The Kier molecular flexibility index (Phi) is 7.68. The first-order valence-corrected chi connectivity index (χ1v) is 11.5. The van der Waals surface area contributed by atoms with E-state index in [0.717, 1.165) is 16.7 Å². The predicted octanol–water partition coefficient (Wildman–Crippen LogP) is 2.46. The molecule has 2 aromatic carbocycles. The molecule has 2 amide bonds. The molecule has 9 heteroatoms. The van der Waals surface area contributed by atoms with Gasteiger partial charge in [0.25, 0.3) is 11.8 Å². The van der Waals surface area contributed by atoms with E-state index in [1.807, 2.05) is 12.1 Å². The van der Waals surface area contributed by atoms with Crippen LogP contribution in [-0.2, 0) is 16.1 Å². The van der Waals surface area contributed by atoms with E-state index >= 15 is 0 Å². The van der Waals surface area contributed by atoms with Crippen LogP contribution in [0.4, 0.5) is 4.39 Å². The standard InChI is InChI=1S/C27H25FN4O4/c28-20-10-7-17(8-11-20)23-6-3-13-32(23)27(36)25(34)24(33)26(35)31-16-21-12-9-19(15-30-21)22-5-2-1-4-18(22)14-29/h1-2,4-5,7-12,15,23-25,33-34H,3,6,13,16H2,(H,31,35)/t23-,24-,25-/m1/s1. The Hall–Kier alpha value is -4.13. The smallest absolute Gasteiger partial charge is 0.255 e. The molecule has 0 aliphatic carbocycles. The van der Waals surface area contributed by atoms with Crippen LogP contribution in [0.2, 0.25) is 0 Å². The molecule has 0 bridgehead atoms. The zero-order chi connectivity index (χ0) is 25.7. The highest BCUT2D eigenvalue weighted by Crippen LogP contribution is 2.32.